The number of hydrogen-bond acceptors (Lipinski definition) is 4. The molecule has 5 heteroatoms. The molecule has 0 heterocycles. The predicted octanol–water partition coefficient (Wildman–Crippen LogP) is 0.834. The van der Waals surface area contributed by atoms with Gasteiger partial charge in [-0.15, -0.1) is 0 Å². The van der Waals surface area contributed by atoms with Crippen LogP contribution in [0.25, 0.3) is 0 Å². The number of amides is 1. The zero-order valence-electron chi connectivity index (χ0n) is 11.0. The molecule has 0 saturated carbocycles. The number of nitrogens with one attached hydrogen (secondary N) is 2. The molecule has 5 nitrogen and oxygen atoms in total. The van der Waals surface area contributed by atoms with Crippen molar-refractivity contribution in [1.29, 1.82) is 0 Å². The first kappa shape index (κ1) is 15.9. The maximum atomic E-state index is 11.3. The first-order valence-electron chi connectivity index (χ1n) is 6.22. The molecule has 0 aliphatic heterocycles. The van der Waals surface area contributed by atoms with Gasteiger partial charge in [0, 0.05) is 19.0 Å². The van der Waals surface area contributed by atoms with Gasteiger partial charge in [-0.3, -0.25) is 9.59 Å². The second kappa shape index (κ2) is 10.1. The number of ether oxygens (including phenoxy) is 1. The van der Waals surface area contributed by atoms with Crippen molar-refractivity contribution < 1.29 is 14.3 Å². The highest BCUT2D eigenvalue weighted by molar-refractivity contribution is 5.77. The van der Waals surface area contributed by atoms with Gasteiger partial charge in [0.05, 0.1) is 13.0 Å². The van der Waals surface area contributed by atoms with Crippen LogP contribution in [0.2, 0.25) is 0 Å². The van der Waals surface area contributed by atoms with Crippen molar-refractivity contribution in [1.82, 2.24) is 10.6 Å². The van der Waals surface area contributed by atoms with Crippen LogP contribution in [0.15, 0.2) is 0 Å². The topological polar surface area (TPSA) is 67.4 Å². The van der Waals surface area contributed by atoms with E-state index in [4.69, 9.17) is 4.74 Å². The lowest BCUT2D eigenvalue weighted by atomic mass is 10.2. The van der Waals surface area contributed by atoms with E-state index in [2.05, 4.69) is 24.5 Å². The maximum absolute atomic E-state index is 11.3. The Kier molecular flexibility index (Phi) is 9.43. The first-order valence-corrected chi connectivity index (χ1v) is 6.22. The van der Waals surface area contributed by atoms with E-state index in [1.165, 1.54) is 0 Å². The minimum atomic E-state index is -0.269. The Balaban J connectivity index is 3.37. The molecule has 0 aromatic heterocycles. The lowest BCUT2D eigenvalue weighted by Crippen LogP contribution is -2.28. The fourth-order valence-electron chi connectivity index (χ4n) is 1.27. The summed E-state index contributed by atoms with van der Waals surface area (Å²) >= 11 is 0. The molecule has 0 spiro atoms. The van der Waals surface area contributed by atoms with Crippen LogP contribution in [0.5, 0.6) is 0 Å². The SMILES string of the molecule is CCOC(=O)CCNC(=O)CCCNC(C)C. The van der Waals surface area contributed by atoms with Crippen molar-refractivity contribution in [2.24, 2.45) is 0 Å². The number of hydrogen-bond donors (Lipinski definition) is 2. The number of carbonyl (C=O) groups excluding carboxylic acids is 2. The summed E-state index contributed by atoms with van der Waals surface area (Å²) in [6, 6.07) is 0.446. The second-order valence-corrected chi connectivity index (χ2v) is 4.12. The third kappa shape index (κ3) is 11.2. The van der Waals surface area contributed by atoms with Crippen molar-refractivity contribution in [3.05, 3.63) is 0 Å². The molecule has 0 saturated heterocycles. The Morgan fingerprint density at radius 1 is 1.18 bits per heavy atom. The summed E-state index contributed by atoms with van der Waals surface area (Å²) in [6.07, 6.45) is 1.54. The standard InChI is InChI=1S/C12H24N2O3/c1-4-17-12(16)7-9-14-11(15)6-5-8-13-10(2)3/h10,13H,4-9H2,1-3H3,(H,14,15). The van der Waals surface area contributed by atoms with Gasteiger partial charge in [0.2, 0.25) is 5.91 Å². The van der Waals surface area contributed by atoms with E-state index in [0.29, 0.717) is 25.6 Å². The van der Waals surface area contributed by atoms with Crippen molar-refractivity contribution >= 4 is 11.9 Å². The highest BCUT2D eigenvalue weighted by Gasteiger charge is 2.04. The molecule has 0 aliphatic rings. The largest absolute Gasteiger partial charge is 0.466 e. The Morgan fingerprint density at radius 2 is 1.88 bits per heavy atom. The summed E-state index contributed by atoms with van der Waals surface area (Å²) in [5.74, 6) is -0.283. The van der Waals surface area contributed by atoms with Crippen LogP contribution in [0, 0.1) is 0 Å². The summed E-state index contributed by atoms with van der Waals surface area (Å²) in [5, 5.41) is 5.93. The Labute approximate surface area is 103 Å². The van der Waals surface area contributed by atoms with Crippen LogP contribution in [0.4, 0.5) is 0 Å². The van der Waals surface area contributed by atoms with Crippen molar-refractivity contribution in [2.75, 3.05) is 19.7 Å². The zero-order valence-corrected chi connectivity index (χ0v) is 11.0. The van der Waals surface area contributed by atoms with E-state index in [1.807, 2.05) is 0 Å². The van der Waals surface area contributed by atoms with E-state index in [1.54, 1.807) is 6.92 Å². The molecule has 0 atom stereocenters. The molecule has 0 unspecified atom stereocenters. The van der Waals surface area contributed by atoms with Gasteiger partial charge < -0.3 is 15.4 Å². The number of rotatable bonds is 9. The second-order valence-electron chi connectivity index (χ2n) is 4.12. The molecule has 0 aromatic carbocycles. The highest BCUT2D eigenvalue weighted by Crippen LogP contribution is 1.90. The minimum Gasteiger partial charge on any atom is -0.466 e. The Bertz CT molecular complexity index is 230. The van der Waals surface area contributed by atoms with Gasteiger partial charge in [0.25, 0.3) is 0 Å². The summed E-state index contributed by atoms with van der Waals surface area (Å²) < 4.78 is 4.75. The van der Waals surface area contributed by atoms with E-state index >= 15 is 0 Å². The third-order valence-corrected chi connectivity index (χ3v) is 2.09. The predicted molar refractivity (Wildman–Crippen MR) is 66.6 cm³/mol. The molecule has 1 amide bonds. The summed E-state index contributed by atoms with van der Waals surface area (Å²) in [5.41, 5.74) is 0. The fourth-order valence-corrected chi connectivity index (χ4v) is 1.27. The molecular weight excluding hydrogens is 220 g/mol. The molecule has 0 rings (SSSR count). The van der Waals surface area contributed by atoms with Gasteiger partial charge >= 0.3 is 5.97 Å². The number of esters is 1. The van der Waals surface area contributed by atoms with E-state index < -0.39 is 0 Å². The van der Waals surface area contributed by atoms with Crippen LogP contribution in [0.3, 0.4) is 0 Å². The lowest BCUT2D eigenvalue weighted by molar-refractivity contribution is -0.143. The van der Waals surface area contributed by atoms with E-state index in [-0.39, 0.29) is 18.3 Å². The van der Waals surface area contributed by atoms with Crippen LogP contribution in [-0.4, -0.2) is 37.6 Å². The minimum absolute atomic E-state index is 0.0140. The van der Waals surface area contributed by atoms with Crippen LogP contribution in [-0.2, 0) is 14.3 Å². The highest BCUT2D eigenvalue weighted by atomic mass is 16.5. The van der Waals surface area contributed by atoms with Crippen molar-refractivity contribution in [3.63, 3.8) is 0 Å². The average Bonchev–Trinajstić information content (AvgIpc) is 2.24. The normalized spacial score (nSPS) is 10.4. The van der Waals surface area contributed by atoms with Crippen LogP contribution in [0.1, 0.15) is 40.0 Å². The molecule has 100 valence electrons. The molecule has 0 fully saturated rings. The van der Waals surface area contributed by atoms with Crippen LogP contribution < -0.4 is 10.6 Å². The molecule has 0 aliphatic carbocycles. The van der Waals surface area contributed by atoms with Gasteiger partial charge in [0.15, 0.2) is 0 Å². The first-order chi connectivity index (χ1) is 8.06. The summed E-state index contributed by atoms with van der Waals surface area (Å²) in [4.78, 5) is 22.3. The smallest absolute Gasteiger partial charge is 0.307 e. The summed E-state index contributed by atoms with van der Waals surface area (Å²) in [7, 11) is 0. The monoisotopic (exact) mass is 244 g/mol. The molecule has 17 heavy (non-hydrogen) atoms. The quantitative estimate of drug-likeness (QED) is 0.466. The lowest BCUT2D eigenvalue weighted by Gasteiger charge is -2.08. The van der Waals surface area contributed by atoms with Gasteiger partial charge in [-0.05, 0) is 19.9 Å². The molecule has 0 bridgehead atoms. The molecule has 0 radical (unpaired) electrons. The average molecular weight is 244 g/mol. The maximum Gasteiger partial charge on any atom is 0.307 e. The molecule has 0 aromatic rings. The Hall–Kier alpha value is -1.10. The van der Waals surface area contributed by atoms with Crippen molar-refractivity contribution in [2.45, 2.75) is 46.1 Å². The van der Waals surface area contributed by atoms with Gasteiger partial charge in [-0.2, -0.15) is 0 Å². The zero-order chi connectivity index (χ0) is 13.1. The molecular formula is C12H24N2O3. The van der Waals surface area contributed by atoms with Crippen LogP contribution >= 0.6 is 0 Å². The summed E-state index contributed by atoms with van der Waals surface area (Å²) in [6.45, 7) is 7.48. The van der Waals surface area contributed by atoms with Gasteiger partial charge in [-0.25, -0.2) is 0 Å². The Morgan fingerprint density at radius 3 is 2.47 bits per heavy atom. The number of carbonyl (C=O) groups is 2. The van der Waals surface area contributed by atoms with Gasteiger partial charge in [0.1, 0.15) is 0 Å². The van der Waals surface area contributed by atoms with E-state index in [9.17, 15) is 9.59 Å². The molecule has 2 N–H and O–H groups in total. The van der Waals surface area contributed by atoms with E-state index in [0.717, 1.165) is 13.0 Å². The van der Waals surface area contributed by atoms with Crippen molar-refractivity contribution in [3.8, 4) is 0 Å². The fraction of sp³-hybridized carbons (Fsp3) is 0.833. The van der Waals surface area contributed by atoms with Gasteiger partial charge in [-0.1, -0.05) is 13.8 Å². The third-order valence-electron chi connectivity index (χ3n) is 2.09.